The molecule has 0 aromatic carbocycles. The van der Waals surface area contributed by atoms with Crippen LogP contribution in [0.2, 0.25) is 0 Å². The Labute approximate surface area is 326 Å². The first-order valence-corrected chi connectivity index (χ1v) is 23.1. The summed E-state index contributed by atoms with van der Waals surface area (Å²) in [6.45, 7) is 4.38. The molecule has 1 N–H and O–H groups in total. The van der Waals surface area contributed by atoms with Crippen LogP contribution >= 0.6 is 7.82 Å². The zero-order valence-electron chi connectivity index (χ0n) is 35.0. The maximum absolute atomic E-state index is 12.7. The lowest BCUT2D eigenvalue weighted by atomic mass is 10.1. The second-order valence-corrected chi connectivity index (χ2v) is 17.2. The molecule has 0 amide bonds. The third kappa shape index (κ3) is 40.0. The van der Waals surface area contributed by atoms with Crippen molar-refractivity contribution in [1.82, 2.24) is 0 Å². The van der Waals surface area contributed by atoms with Crippen LogP contribution in [0.4, 0.5) is 0 Å². The summed E-state index contributed by atoms with van der Waals surface area (Å²) in [5, 5.41) is 0. The molecule has 2 atom stereocenters. The van der Waals surface area contributed by atoms with Crippen molar-refractivity contribution >= 4 is 19.8 Å². The molecule has 53 heavy (non-hydrogen) atoms. The predicted octanol–water partition coefficient (Wildman–Crippen LogP) is 12.0. The van der Waals surface area contributed by atoms with Crippen LogP contribution in [0.25, 0.3) is 0 Å². The minimum absolute atomic E-state index is 0.0310. The number of carbonyl (C=O) groups is 2. The fourth-order valence-corrected chi connectivity index (χ4v) is 6.50. The topological polar surface area (TPSA) is 108 Å². The Morgan fingerprint density at radius 1 is 0.566 bits per heavy atom. The van der Waals surface area contributed by atoms with Crippen molar-refractivity contribution < 1.29 is 42.1 Å². The second kappa shape index (κ2) is 36.1. The van der Waals surface area contributed by atoms with Crippen molar-refractivity contribution in [1.29, 1.82) is 0 Å². The van der Waals surface area contributed by atoms with Gasteiger partial charge in [-0.3, -0.25) is 18.6 Å². The molecule has 0 aliphatic heterocycles. The highest BCUT2D eigenvalue weighted by Gasteiger charge is 2.27. The predicted molar refractivity (Wildman–Crippen MR) is 220 cm³/mol. The van der Waals surface area contributed by atoms with Crippen LogP contribution in [0, 0.1) is 0 Å². The lowest BCUT2D eigenvalue weighted by Crippen LogP contribution is -2.37. The van der Waals surface area contributed by atoms with Crippen LogP contribution in [0.5, 0.6) is 0 Å². The number of allylic oxidation sites excluding steroid dienone is 4. The van der Waals surface area contributed by atoms with Gasteiger partial charge in [-0.15, -0.1) is 0 Å². The third-order valence-electron chi connectivity index (χ3n) is 9.20. The van der Waals surface area contributed by atoms with E-state index in [0.29, 0.717) is 17.4 Å². The Hall–Kier alpha value is -1.51. The van der Waals surface area contributed by atoms with E-state index in [1.807, 2.05) is 21.1 Å². The molecule has 0 heterocycles. The average molecular weight is 773 g/mol. The van der Waals surface area contributed by atoms with Crippen molar-refractivity contribution in [2.24, 2.45) is 0 Å². The van der Waals surface area contributed by atoms with Crippen LogP contribution in [0.1, 0.15) is 187 Å². The zero-order valence-corrected chi connectivity index (χ0v) is 35.9. The molecule has 0 rings (SSSR count). The van der Waals surface area contributed by atoms with Crippen molar-refractivity contribution in [3.8, 4) is 0 Å². The molecule has 0 radical (unpaired) electrons. The molecular weight excluding hydrogens is 689 g/mol. The molecular formula is C43H83NO8P+. The van der Waals surface area contributed by atoms with Gasteiger partial charge in [0, 0.05) is 12.8 Å². The molecule has 0 bridgehead atoms. The summed E-state index contributed by atoms with van der Waals surface area (Å²) in [5.74, 6) is -0.808. The van der Waals surface area contributed by atoms with E-state index in [0.717, 1.165) is 51.4 Å². The van der Waals surface area contributed by atoms with Gasteiger partial charge in [0.05, 0.1) is 27.7 Å². The van der Waals surface area contributed by atoms with Crippen molar-refractivity contribution in [3.05, 3.63) is 24.3 Å². The average Bonchev–Trinajstić information content (AvgIpc) is 3.10. The van der Waals surface area contributed by atoms with Gasteiger partial charge in [0.2, 0.25) is 0 Å². The lowest BCUT2D eigenvalue weighted by molar-refractivity contribution is -0.870. The van der Waals surface area contributed by atoms with Gasteiger partial charge in [-0.1, -0.05) is 141 Å². The Morgan fingerprint density at radius 2 is 0.981 bits per heavy atom. The van der Waals surface area contributed by atoms with Gasteiger partial charge >= 0.3 is 19.8 Å². The zero-order chi connectivity index (χ0) is 39.3. The summed E-state index contributed by atoms with van der Waals surface area (Å²) in [4.78, 5) is 35.3. The Kier molecular flexibility index (Phi) is 35.1. The minimum Gasteiger partial charge on any atom is -0.462 e. The summed E-state index contributed by atoms with van der Waals surface area (Å²) in [5.41, 5.74) is 0. The first kappa shape index (κ1) is 51.5. The maximum atomic E-state index is 12.7. The molecule has 0 aliphatic carbocycles. The molecule has 0 saturated carbocycles. The maximum Gasteiger partial charge on any atom is 0.472 e. The molecule has 9 nitrogen and oxygen atoms in total. The van der Waals surface area contributed by atoms with Crippen molar-refractivity contribution in [2.45, 2.75) is 193 Å². The van der Waals surface area contributed by atoms with E-state index < -0.39 is 26.5 Å². The van der Waals surface area contributed by atoms with Gasteiger partial charge in [0.15, 0.2) is 6.10 Å². The molecule has 1 unspecified atom stereocenters. The molecule has 0 aromatic rings. The number of phosphoric acid groups is 1. The molecule has 0 saturated heterocycles. The summed E-state index contributed by atoms with van der Waals surface area (Å²) in [6.07, 6.45) is 37.9. The van der Waals surface area contributed by atoms with Crippen LogP contribution < -0.4 is 0 Å². The van der Waals surface area contributed by atoms with Crippen LogP contribution in [0.15, 0.2) is 24.3 Å². The smallest absolute Gasteiger partial charge is 0.462 e. The van der Waals surface area contributed by atoms with Gasteiger partial charge < -0.3 is 18.9 Å². The highest BCUT2D eigenvalue weighted by atomic mass is 31.2. The number of ether oxygens (including phenoxy) is 2. The number of hydrogen-bond acceptors (Lipinski definition) is 7. The van der Waals surface area contributed by atoms with E-state index in [2.05, 4.69) is 38.2 Å². The van der Waals surface area contributed by atoms with Gasteiger partial charge in [-0.25, -0.2) is 4.57 Å². The molecule has 0 spiro atoms. The Bertz CT molecular complexity index is 964. The SMILES string of the molecule is CCCC/C=C/CCCCCCCCCCCC(=O)OC[C@H](COP(=O)(O)OCC[N+](C)(C)C)OC(=O)CCCCCCC/C=C/CCCCCCC. The van der Waals surface area contributed by atoms with E-state index in [1.165, 1.54) is 103 Å². The number of nitrogens with zero attached hydrogens (tertiary/aromatic N) is 1. The molecule has 0 fully saturated rings. The summed E-state index contributed by atoms with van der Waals surface area (Å²) < 4.78 is 34.3. The van der Waals surface area contributed by atoms with Crippen molar-refractivity contribution in [2.75, 3.05) is 47.5 Å². The normalized spacial score (nSPS) is 13.8. The van der Waals surface area contributed by atoms with Gasteiger partial charge in [0.25, 0.3) is 0 Å². The lowest BCUT2D eigenvalue weighted by Gasteiger charge is -2.24. The number of phosphoric ester groups is 1. The number of quaternary nitrogens is 1. The Morgan fingerprint density at radius 3 is 1.45 bits per heavy atom. The van der Waals surface area contributed by atoms with Crippen LogP contribution in [-0.4, -0.2) is 74.9 Å². The summed E-state index contributed by atoms with van der Waals surface area (Å²) >= 11 is 0. The molecule has 0 aliphatic rings. The number of hydrogen-bond donors (Lipinski definition) is 1. The monoisotopic (exact) mass is 773 g/mol. The molecule has 10 heteroatoms. The quantitative estimate of drug-likeness (QED) is 0.0216. The number of rotatable bonds is 39. The summed E-state index contributed by atoms with van der Waals surface area (Å²) in [6, 6.07) is 0. The fourth-order valence-electron chi connectivity index (χ4n) is 5.75. The van der Waals surface area contributed by atoms with E-state index in [9.17, 15) is 19.0 Å². The standard InChI is InChI=1S/C43H82NO8P/c1-6-8-10-12-14-16-18-20-22-24-25-27-29-31-33-35-42(45)49-39-41(40-51-53(47,48)50-38-37-44(3,4)5)52-43(46)36-34-32-30-28-26-23-21-19-17-15-13-11-9-7-2/h12,14,19,21,41H,6-11,13,15-18,20,22-40H2,1-5H3/p+1/b14-12+,21-19+/t41-/m1/s1. The Balaban J connectivity index is 4.37. The van der Waals surface area contributed by atoms with Gasteiger partial charge in [-0.2, -0.15) is 0 Å². The largest absolute Gasteiger partial charge is 0.472 e. The first-order valence-electron chi connectivity index (χ1n) is 21.6. The molecule has 0 aromatic heterocycles. The molecule has 312 valence electrons. The minimum atomic E-state index is -4.37. The second-order valence-electron chi connectivity index (χ2n) is 15.7. The highest BCUT2D eigenvalue weighted by Crippen LogP contribution is 2.43. The van der Waals surface area contributed by atoms with E-state index in [-0.39, 0.29) is 32.0 Å². The number of carbonyl (C=O) groups excluding carboxylic acids is 2. The fraction of sp³-hybridized carbons (Fsp3) is 0.860. The number of likely N-dealkylation sites (N-methyl/N-ethyl adjacent to an activating group) is 1. The van der Waals surface area contributed by atoms with E-state index in [1.54, 1.807) is 0 Å². The van der Waals surface area contributed by atoms with Crippen LogP contribution in [-0.2, 0) is 32.7 Å². The number of unbranched alkanes of at least 4 members (excludes halogenated alkanes) is 21. The third-order valence-corrected chi connectivity index (χ3v) is 10.2. The first-order chi connectivity index (χ1) is 25.5. The van der Waals surface area contributed by atoms with Gasteiger partial charge in [0.1, 0.15) is 19.8 Å². The van der Waals surface area contributed by atoms with Crippen molar-refractivity contribution in [3.63, 3.8) is 0 Å². The number of esters is 2. The van der Waals surface area contributed by atoms with Gasteiger partial charge in [-0.05, 0) is 57.8 Å². The summed E-state index contributed by atoms with van der Waals surface area (Å²) in [7, 11) is 1.47. The highest BCUT2D eigenvalue weighted by molar-refractivity contribution is 7.47. The van der Waals surface area contributed by atoms with Crippen LogP contribution in [0.3, 0.4) is 0 Å². The van der Waals surface area contributed by atoms with E-state index >= 15 is 0 Å². The van der Waals surface area contributed by atoms with E-state index in [4.69, 9.17) is 18.5 Å².